The van der Waals surface area contributed by atoms with Crippen molar-refractivity contribution in [2.24, 2.45) is 0 Å². The van der Waals surface area contributed by atoms with Crippen LogP contribution in [0.15, 0.2) is 83.5 Å². The van der Waals surface area contributed by atoms with Crippen molar-refractivity contribution >= 4 is 28.6 Å². The molecule has 3 aromatic heterocycles. The molecule has 0 aliphatic rings. The van der Waals surface area contributed by atoms with Gasteiger partial charge in [-0.05, 0) is 48.0 Å². The third-order valence-corrected chi connectivity index (χ3v) is 4.81. The van der Waals surface area contributed by atoms with Crippen LogP contribution < -0.4 is 5.32 Å². The summed E-state index contributed by atoms with van der Waals surface area (Å²) in [6.45, 7) is 0.543. The summed E-state index contributed by atoms with van der Waals surface area (Å²) >= 11 is 6.03. The molecule has 1 N–H and O–H groups in total. The Bertz CT molecular complexity index is 1290. The lowest BCUT2D eigenvalue weighted by atomic mass is 10.2. The molecule has 0 unspecified atom stereocenters. The second-order valence-electron chi connectivity index (χ2n) is 6.66. The molecule has 5 aromatic rings. The van der Waals surface area contributed by atoms with Crippen LogP contribution >= 0.6 is 11.6 Å². The van der Waals surface area contributed by atoms with Crippen molar-refractivity contribution in [2.45, 2.75) is 6.54 Å². The van der Waals surface area contributed by atoms with Crippen LogP contribution in [0.25, 0.3) is 34.1 Å². The maximum absolute atomic E-state index is 6.05. The van der Waals surface area contributed by atoms with E-state index in [1.165, 1.54) is 0 Å². The number of pyridine rings is 1. The highest BCUT2D eigenvalue weighted by Crippen LogP contribution is 2.30. The number of fused-ring (bicyclic) bond motifs is 1. The number of halogens is 1. The number of nitrogens with zero attached hydrogens (tertiary/aromatic N) is 4. The Morgan fingerprint density at radius 2 is 1.67 bits per heavy atom. The summed E-state index contributed by atoms with van der Waals surface area (Å²) in [6.07, 6.45) is 3.55. The Labute approximate surface area is 177 Å². The minimum atomic E-state index is 0.488. The third-order valence-electron chi connectivity index (χ3n) is 4.56. The van der Waals surface area contributed by atoms with Gasteiger partial charge in [0.15, 0.2) is 11.6 Å². The van der Waals surface area contributed by atoms with Crippen LogP contribution in [0.4, 0.5) is 5.82 Å². The number of benzene rings is 2. The summed E-state index contributed by atoms with van der Waals surface area (Å²) in [5, 5.41) is 3.99. The maximum Gasteiger partial charge on any atom is 0.229 e. The van der Waals surface area contributed by atoms with Crippen LogP contribution in [0, 0.1) is 0 Å². The molecule has 0 spiro atoms. The quantitative estimate of drug-likeness (QED) is 0.403. The SMILES string of the molecule is Clc1ccc(-c2nc(NCc3cccnc3)c3oc(-c4ccccc4)nc3n2)cc1. The first-order valence-corrected chi connectivity index (χ1v) is 9.77. The molecule has 0 aliphatic heterocycles. The van der Waals surface area contributed by atoms with E-state index in [0.29, 0.717) is 40.3 Å². The van der Waals surface area contributed by atoms with Crippen molar-refractivity contribution in [1.82, 2.24) is 19.9 Å². The van der Waals surface area contributed by atoms with Gasteiger partial charge in [-0.1, -0.05) is 35.9 Å². The van der Waals surface area contributed by atoms with Crippen LogP contribution in [-0.2, 0) is 6.54 Å². The monoisotopic (exact) mass is 413 g/mol. The fourth-order valence-electron chi connectivity index (χ4n) is 3.06. The lowest BCUT2D eigenvalue weighted by molar-refractivity contribution is 0.619. The van der Waals surface area contributed by atoms with E-state index in [-0.39, 0.29) is 0 Å². The number of oxazole rings is 1. The molecule has 3 heterocycles. The van der Waals surface area contributed by atoms with Crippen LogP contribution in [0.2, 0.25) is 5.02 Å². The number of hydrogen-bond donors (Lipinski definition) is 1. The number of rotatable bonds is 5. The fourth-order valence-corrected chi connectivity index (χ4v) is 3.19. The molecule has 2 aromatic carbocycles. The van der Waals surface area contributed by atoms with Gasteiger partial charge in [0.25, 0.3) is 0 Å². The van der Waals surface area contributed by atoms with Crippen molar-refractivity contribution in [3.05, 3.63) is 89.7 Å². The number of hydrogen-bond acceptors (Lipinski definition) is 6. The van der Waals surface area contributed by atoms with E-state index < -0.39 is 0 Å². The Morgan fingerprint density at radius 1 is 0.833 bits per heavy atom. The molecule has 6 nitrogen and oxygen atoms in total. The van der Waals surface area contributed by atoms with Gasteiger partial charge in [-0.2, -0.15) is 4.98 Å². The van der Waals surface area contributed by atoms with Crippen molar-refractivity contribution in [3.63, 3.8) is 0 Å². The molecule has 0 saturated heterocycles. The fraction of sp³-hybridized carbons (Fsp3) is 0.0435. The van der Waals surface area contributed by atoms with E-state index >= 15 is 0 Å². The van der Waals surface area contributed by atoms with Crippen LogP contribution in [0.1, 0.15) is 5.56 Å². The Hall–Kier alpha value is -3.77. The van der Waals surface area contributed by atoms with E-state index in [1.54, 1.807) is 12.4 Å². The second-order valence-corrected chi connectivity index (χ2v) is 7.09. The summed E-state index contributed by atoms with van der Waals surface area (Å²) < 4.78 is 6.05. The minimum absolute atomic E-state index is 0.488. The van der Waals surface area contributed by atoms with E-state index in [2.05, 4.69) is 20.3 Å². The minimum Gasteiger partial charge on any atom is -0.430 e. The molecule has 0 saturated carbocycles. The molecule has 0 atom stereocenters. The van der Waals surface area contributed by atoms with Gasteiger partial charge in [0, 0.05) is 35.1 Å². The highest BCUT2D eigenvalue weighted by molar-refractivity contribution is 6.30. The van der Waals surface area contributed by atoms with Crippen molar-refractivity contribution in [3.8, 4) is 22.8 Å². The van der Waals surface area contributed by atoms with E-state index in [9.17, 15) is 0 Å². The average molecular weight is 414 g/mol. The highest BCUT2D eigenvalue weighted by Gasteiger charge is 2.17. The average Bonchev–Trinajstić information content (AvgIpc) is 3.24. The number of anilines is 1. The molecular formula is C23H16ClN5O. The van der Waals surface area contributed by atoms with Gasteiger partial charge >= 0.3 is 0 Å². The van der Waals surface area contributed by atoms with Crippen LogP contribution in [0.3, 0.4) is 0 Å². The molecule has 0 amide bonds. The van der Waals surface area contributed by atoms with Crippen molar-refractivity contribution < 1.29 is 4.42 Å². The van der Waals surface area contributed by atoms with E-state index in [1.807, 2.05) is 66.7 Å². The summed E-state index contributed by atoms with van der Waals surface area (Å²) in [4.78, 5) is 18.1. The summed E-state index contributed by atoms with van der Waals surface area (Å²) in [6, 6.07) is 21.0. The zero-order valence-electron chi connectivity index (χ0n) is 15.8. The largest absolute Gasteiger partial charge is 0.430 e. The van der Waals surface area contributed by atoms with Gasteiger partial charge in [-0.3, -0.25) is 4.98 Å². The molecule has 7 heteroatoms. The summed E-state index contributed by atoms with van der Waals surface area (Å²) in [7, 11) is 0. The normalized spacial score (nSPS) is 11.0. The molecule has 5 rings (SSSR count). The first kappa shape index (κ1) is 18.3. The van der Waals surface area contributed by atoms with Gasteiger partial charge in [0.2, 0.25) is 17.1 Å². The molecule has 0 bridgehead atoms. The molecule has 30 heavy (non-hydrogen) atoms. The highest BCUT2D eigenvalue weighted by atomic mass is 35.5. The van der Waals surface area contributed by atoms with Crippen LogP contribution in [0.5, 0.6) is 0 Å². The number of aromatic nitrogens is 4. The molecule has 0 fully saturated rings. The Morgan fingerprint density at radius 3 is 2.43 bits per heavy atom. The summed E-state index contributed by atoms with van der Waals surface area (Å²) in [5.41, 5.74) is 3.75. The third kappa shape index (κ3) is 3.73. The van der Waals surface area contributed by atoms with Gasteiger partial charge in [0.1, 0.15) is 0 Å². The van der Waals surface area contributed by atoms with Crippen molar-refractivity contribution in [2.75, 3.05) is 5.32 Å². The molecule has 0 aliphatic carbocycles. The standard InChI is InChI=1S/C23H16ClN5O/c24-18-10-8-16(9-11-18)20-27-21(26-14-15-5-4-12-25-13-15)19-22(28-20)29-23(30-19)17-6-2-1-3-7-17/h1-13H,14H2,(H,26,27,28). The van der Waals surface area contributed by atoms with Crippen molar-refractivity contribution in [1.29, 1.82) is 0 Å². The number of nitrogens with one attached hydrogen (secondary N) is 1. The molecular weight excluding hydrogens is 398 g/mol. The smallest absolute Gasteiger partial charge is 0.229 e. The maximum atomic E-state index is 6.05. The van der Waals surface area contributed by atoms with E-state index in [0.717, 1.165) is 16.7 Å². The first-order valence-electron chi connectivity index (χ1n) is 9.39. The zero-order valence-corrected chi connectivity index (χ0v) is 16.5. The predicted octanol–water partition coefficient (Wildman–Crippen LogP) is 5.61. The first-order chi connectivity index (χ1) is 14.8. The van der Waals surface area contributed by atoms with Gasteiger partial charge in [-0.15, -0.1) is 0 Å². The van der Waals surface area contributed by atoms with E-state index in [4.69, 9.17) is 21.0 Å². The van der Waals surface area contributed by atoms with Gasteiger partial charge in [-0.25, -0.2) is 9.97 Å². The predicted molar refractivity (Wildman–Crippen MR) is 117 cm³/mol. The topological polar surface area (TPSA) is 76.7 Å². The Balaban J connectivity index is 1.60. The molecule has 146 valence electrons. The molecule has 0 radical (unpaired) electrons. The van der Waals surface area contributed by atoms with Gasteiger partial charge in [0.05, 0.1) is 0 Å². The van der Waals surface area contributed by atoms with Crippen LogP contribution in [-0.4, -0.2) is 19.9 Å². The zero-order chi connectivity index (χ0) is 20.3. The lowest BCUT2D eigenvalue weighted by Crippen LogP contribution is -2.04. The second kappa shape index (κ2) is 7.93. The summed E-state index contributed by atoms with van der Waals surface area (Å²) in [5.74, 6) is 1.61. The van der Waals surface area contributed by atoms with Gasteiger partial charge < -0.3 is 9.73 Å². The lowest BCUT2D eigenvalue weighted by Gasteiger charge is -2.08. The Kier molecular flexibility index (Phi) is 4.83.